The Morgan fingerprint density at radius 2 is 1.74 bits per heavy atom. The number of nitrogens with one attached hydrogen (secondary N) is 2. The maximum atomic E-state index is 13.0. The molecule has 1 aliphatic carbocycles. The number of rotatable bonds is 7. The number of nitrogens with zero attached hydrogens (tertiary/aromatic N) is 5. The van der Waals surface area contributed by atoms with Gasteiger partial charge in [-0.3, -0.25) is 19.6 Å². The molecule has 4 aromatic rings. The SMILES string of the molecule is Cc1ncc(NC(=O)c2ccnc(C(C)(C)C#N)c2)cc1-c1cccc(-c2ccnc(NC(=O)C3CC3)c2)n1. The van der Waals surface area contributed by atoms with Crippen molar-refractivity contribution < 1.29 is 9.59 Å². The van der Waals surface area contributed by atoms with Crippen LogP contribution in [-0.4, -0.2) is 31.8 Å². The zero-order valence-corrected chi connectivity index (χ0v) is 21.9. The highest BCUT2D eigenvalue weighted by atomic mass is 16.2. The van der Waals surface area contributed by atoms with Gasteiger partial charge in [-0.2, -0.15) is 5.26 Å². The van der Waals surface area contributed by atoms with Gasteiger partial charge in [0, 0.05) is 40.7 Å². The van der Waals surface area contributed by atoms with Crippen LogP contribution in [0.1, 0.15) is 48.4 Å². The number of anilines is 2. The molecular weight excluding hydrogens is 490 g/mol. The Morgan fingerprint density at radius 1 is 0.974 bits per heavy atom. The van der Waals surface area contributed by atoms with E-state index < -0.39 is 5.41 Å². The van der Waals surface area contributed by atoms with E-state index in [-0.39, 0.29) is 17.7 Å². The number of nitriles is 1. The second-order valence-electron chi connectivity index (χ2n) is 10.1. The quantitative estimate of drug-likeness (QED) is 0.339. The summed E-state index contributed by atoms with van der Waals surface area (Å²) in [6.07, 6.45) is 6.62. The van der Waals surface area contributed by atoms with Gasteiger partial charge in [-0.05, 0) is 76.1 Å². The van der Waals surface area contributed by atoms with Gasteiger partial charge in [-0.1, -0.05) is 6.07 Å². The molecule has 5 rings (SSSR count). The smallest absolute Gasteiger partial charge is 0.255 e. The second-order valence-corrected chi connectivity index (χ2v) is 10.1. The Balaban J connectivity index is 1.38. The molecule has 9 heteroatoms. The Morgan fingerprint density at radius 3 is 2.51 bits per heavy atom. The normalized spacial score (nSPS) is 12.9. The minimum Gasteiger partial charge on any atom is -0.321 e. The van der Waals surface area contributed by atoms with Crippen LogP contribution in [0.25, 0.3) is 22.5 Å². The van der Waals surface area contributed by atoms with E-state index in [1.54, 1.807) is 38.4 Å². The zero-order valence-electron chi connectivity index (χ0n) is 21.9. The van der Waals surface area contributed by atoms with Crippen LogP contribution in [-0.2, 0) is 10.2 Å². The molecule has 1 saturated carbocycles. The highest BCUT2D eigenvalue weighted by Gasteiger charge is 2.29. The predicted octanol–water partition coefficient (Wildman–Crippen LogP) is 5.31. The van der Waals surface area contributed by atoms with Crippen molar-refractivity contribution in [1.29, 1.82) is 5.26 Å². The van der Waals surface area contributed by atoms with E-state index in [9.17, 15) is 14.9 Å². The minimum absolute atomic E-state index is 0.00122. The van der Waals surface area contributed by atoms with E-state index >= 15 is 0 Å². The molecule has 2 N–H and O–H groups in total. The lowest BCUT2D eigenvalue weighted by Crippen LogP contribution is -2.18. The summed E-state index contributed by atoms with van der Waals surface area (Å²) in [7, 11) is 0. The largest absolute Gasteiger partial charge is 0.321 e. The van der Waals surface area contributed by atoms with Gasteiger partial charge in [-0.15, -0.1) is 0 Å². The summed E-state index contributed by atoms with van der Waals surface area (Å²) in [6.45, 7) is 5.39. The first-order valence-corrected chi connectivity index (χ1v) is 12.6. The zero-order chi connectivity index (χ0) is 27.6. The molecule has 0 spiro atoms. The van der Waals surface area contributed by atoms with Gasteiger partial charge in [0.05, 0.1) is 40.5 Å². The average Bonchev–Trinajstić information content (AvgIpc) is 3.80. The van der Waals surface area contributed by atoms with E-state index in [4.69, 9.17) is 4.98 Å². The molecule has 0 atom stereocenters. The summed E-state index contributed by atoms with van der Waals surface area (Å²) < 4.78 is 0. The summed E-state index contributed by atoms with van der Waals surface area (Å²) >= 11 is 0. The summed E-state index contributed by atoms with van der Waals surface area (Å²) in [4.78, 5) is 43.0. The van der Waals surface area contributed by atoms with E-state index in [0.29, 0.717) is 28.5 Å². The summed E-state index contributed by atoms with van der Waals surface area (Å²) in [5.41, 5.74) is 4.37. The van der Waals surface area contributed by atoms with Gasteiger partial charge in [0.2, 0.25) is 5.91 Å². The molecule has 1 aliphatic rings. The van der Waals surface area contributed by atoms with Gasteiger partial charge < -0.3 is 10.6 Å². The summed E-state index contributed by atoms with van der Waals surface area (Å²) in [5, 5.41) is 15.2. The molecule has 2 amide bonds. The van der Waals surface area contributed by atoms with Crippen molar-refractivity contribution in [3.05, 3.63) is 84.1 Å². The Hall–Kier alpha value is -4.97. The number of amides is 2. The second kappa shape index (κ2) is 10.4. The third-order valence-corrected chi connectivity index (χ3v) is 6.57. The van der Waals surface area contributed by atoms with Gasteiger partial charge in [-0.25, -0.2) is 9.97 Å². The summed E-state index contributed by atoms with van der Waals surface area (Å²) in [6, 6.07) is 16.6. The molecule has 1 fully saturated rings. The molecule has 0 unspecified atom stereocenters. The highest BCUT2D eigenvalue weighted by molar-refractivity contribution is 6.04. The third kappa shape index (κ3) is 5.80. The van der Waals surface area contributed by atoms with E-state index in [1.165, 1.54) is 6.20 Å². The van der Waals surface area contributed by atoms with Gasteiger partial charge >= 0.3 is 0 Å². The van der Waals surface area contributed by atoms with Crippen LogP contribution in [0.3, 0.4) is 0 Å². The molecule has 4 aromatic heterocycles. The van der Waals surface area contributed by atoms with Crippen LogP contribution in [0.5, 0.6) is 0 Å². The molecule has 0 radical (unpaired) electrons. The van der Waals surface area contributed by atoms with Crippen LogP contribution in [0, 0.1) is 24.2 Å². The number of aromatic nitrogens is 4. The van der Waals surface area contributed by atoms with E-state index in [0.717, 1.165) is 35.4 Å². The van der Waals surface area contributed by atoms with Crippen molar-refractivity contribution in [1.82, 2.24) is 19.9 Å². The molecule has 4 heterocycles. The van der Waals surface area contributed by atoms with Crippen molar-refractivity contribution in [2.75, 3.05) is 10.6 Å². The highest BCUT2D eigenvalue weighted by Crippen LogP contribution is 2.31. The number of hydrogen-bond acceptors (Lipinski definition) is 7. The number of pyridine rings is 4. The number of aryl methyl sites for hydroxylation is 1. The molecule has 194 valence electrons. The maximum Gasteiger partial charge on any atom is 0.255 e. The molecule has 0 bridgehead atoms. The predicted molar refractivity (Wildman–Crippen MR) is 148 cm³/mol. The van der Waals surface area contributed by atoms with Crippen molar-refractivity contribution in [2.24, 2.45) is 5.92 Å². The van der Waals surface area contributed by atoms with Crippen molar-refractivity contribution >= 4 is 23.3 Å². The van der Waals surface area contributed by atoms with Crippen LogP contribution >= 0.6 is 0 Å². The van der Waals surface area contributed by atoms with Crippen molar-refractivity contribution in [3.63, 3.8) is 0 Å². The summed E-state index contributed by atoms with van der Waals surface area (Å²) in [5.74, 6) is 0.253. The van der Waals surface area contributed by atoms with Gasteiger partial charge in [0.15, 0.2) is 0 Å². The third-order valence-electron chi connectivity index (χ3n) is 6.57. The Labute approximate surface area is 226 Å². The van der Waals surface area contributed by atoms with Crippen LogP contribution < -0.4 is 10.6 Å². The molecule has 9 nitrogen and oxygen atoms in total. The first kappa shape index (κ1) is 25.7. The van der Waals surface area contributed by atoms with Crippen molar-refractivity contribution in [2.45, 2.75) is 39.0 Å². The topological polar surface area (TPSA) is 134 Å². The fourth-order valence-corrected chi connectivity index (χ4v) is 4.01. The number of carbonyl (C=O) groups excluding carboxylic acids is 2. The lowest BCUT2D eigenvalue weighted by atomic mass is 9.90. The maximum absolute atomic E-state index is 13.0. The Kier molecular flexibility index (Phi) is 6.86. The fourth-order valence-electron chi connectivity index (χ4n) is 4.01. The van der Waals surface area contributed by atoms with Crippen LogP contribution in [0.4, 0.5) is 11.5 Å². The molecular formula is C30H27N7O2. The lowest BCUT2D eigenvalue weighted by molar-refractivity contribution is -0.117. The van der Waals surface area contributed by atoms with Crippen molar-refractivity contribution in [3.8, 4) is 28.6 Å². The fraction of sp³-hybridized carbons (Fsp3) is 0.233. The molecule has 0 aromatic carbocycles. The average molecular weight is 518 g/mol. The molecule has 39 heavy (non-hydrogen) atoms. The first-order valence-electron chi connectivity index (χ1n) is 12.6. The Bertz CT molecular complexity index is 1620. The van der Waals surface area contributed by atoms with E-state index in [1.807, 2.05) is 43.3 Å². The number of carbonyl (C=O) groups is 2. The van der Waals surface area contributed by atoms with Crippen LogP contribution in [0.15, 0.2) is 67.1 Å². The van der Waals surface area contributed by atoms with E-state index in [2.05, 4.69) is 31.7 Å². The monoisotopic (exact) mass is 517 g/mol. The molecule has 0 saturated heterocycles. The van der Waals surface area contributed by atoms with Gasteiger partial charge in [0.1, 0.15) is 5.82 Å². The lowest BCUT2D eigenvalue weighted by Gasteiger charge is -2.15. The number of hydrogen-bond donors (Lipinski definition) is 2. The van der Waals surface area contributed by atoms with Gasteiger partial charge in [0.25, 0.3) is 5.91 Å². The minimum atomic E-state index is -0.816. The molecule has 0 aliphatic heterocycles. The standard InChI is InChI=1S/C30H27N7O2/c1-18-23(15-22(16-34-18)35-29(39)21-10-11-32-26(13-21)30(2,3)17-31)25-6-4-5-24(36-25)20-9-12-33-27(14-20)37-28(38)19-7-8-19/h4-6,9-16,19H,7-8H2,1-3H3,(H,35,39)(H,33,37,38). The van der Waals surface area contributed by atoms with Crippen LogP contribution in [0.2, 0.25) is 0 Å². The first-order chi connectivity index (χ1) is 18.7.